The third kappa shape index (κ3) is 7.05. The fraction of sp³-hybridized carbons (Fsp3) is 0.381. The number of hydrogen-bond acceptors (Lipinski definition) is 2. The summed E-state index contributed by atoms with van der Waals surface area (Å²) in [5, 5.41) is 14.9. The van der Waals surface area contributed by atoms with Gasteiger partial charge in [0, 0.05) is 24.6 Å². The van der Waals surface area contributed by atoms with Crippen molar-refractivity contribution in [1.82, 2.24) is 5.32 Å². The Balaban J connectivity index is 0.00000364. The molecule has 148 valence electrons. The van der Waals surface area contributed by atoms with Crippen molar-refractivity contribution in [3.05, 3.63) is 71.0 Å². The Hall–Kier alpha value is -1.76. The van der Waals surface area contributed by atoms with Crippen molar-refractivity contribution in [2.75, 3.05) is 13.6 Å². The van der Waals surface area contributed by atoms with Crippen LogP contribution < -0.4 is 27.6 Å². The van der Waals surface area contributed by atoms with E-state index in [-0.39, 0.29) is 34.2 Å². The van der Waals surface area contributed by atoms with Crippen LogP contribution in [0.2, 0.25) is 0 Å². The van der Waals surface area contributed by atoms with Crippen molar-refractivity contribution >= 4 is 5.91 Å². The number of aryl methyl sites for hydroxylation is 1. The van der Waals surface area contributed by atoms with E-state index in [9.17, 15) is 14.3 Å². The molecule has 27 heavy (non-hydrogen) atoms. The van der Waals surface area contributed by atoms with Gasteiger partial charge in [-0.2, -0.15) is 0 Å². The lowest BCUT2D eigenvalue weighted by atomic mass is 9.94. The van der Waals surface area contributed by atoms with Gasteiger partial charge in [-0.15, -0.1) is 0 Å². The SMILES string of the molecule is CNC(=O)c1ccc(CCC(C)(C)[NH2+]CC(O)c2ccccc2F)cc1.[Br-]. The molecule has 4 N–H and O–H groups in total. The van der Waals surface area contributed by atoms with Crippen LogP contribution in [-0.4, -0.2) is 30.1 Å². The molecule has 0 radical (unpaired) electrons. The number of aliphatic hydroxyl groups is 1. The van der Waals surface area contributed by atoms with Crippen molar-refractivity contribution in [1.29, 1.82) is 0 Å². The molecule has 4 nitrogen and oxygen atoms in total. The highest BCUT2D eigenvalue weighted by atomic mass is 79.9. The lowest BCUT2D eigenvalue weighted by Gasteiger charge is -2.24. The monoisotopic (exact) mass is 438 g/mol. The van der Waals surface area contributed by atoms with Crippen molar-refractivity contribution in [2.24, 2.45) is 0 Å². The molecule has 2 aromatic carbocycles. The number of aliphatic hydroxyl groups excluding tert-OH is 1. The lowest BCUT2D eigenvalue weighted by molar-refractivity contribution is -0.727. The van der Waals surface area contributed by atoms with Gasteiger partial charge in [0.25, 0.3) is 5.91 Å². The Labute approximate surface area is 171 Å². The van der Waals surface area contributed by atoms with E-state index >= 15 is 0 Å². The van der Waals surface area contributed by atoms with Crippen LogP contribution in [0.15, 0.2) is 48.5 Å². The van der Waals surface area contributed by atoms with Crippen LogP contribution in [0, 0.1) is 5.82 Å². The first-order valence-electron chi connectivity index (χ1n) is 8.90. The van der Waals surface area contributed by atoms with Crippen LogP contribution in [0.25, 0.3) is 0 Å². The van der Waals surface area contributed by atoms with Crippen LogP contribution in [0.3, 0.4) is 0 Å². The van der Waals surface area contributed by atoms with E-state index in [0.717, 1.165) is 18.4 Å². The van der Waals surface area contributed by atoms with Gasteiger partial charge in [0.1, 0.15) is 18.5 Å². The normalized spacial score (nSPS) is 12.2. The van der Waals surface area contributed by atoms with E-state index in [1.165, 1.54) is 6.07 Å². The molecule has 0 fully saturated rings. The highest BCUT2D eigenvalue weighted by molar-refractivity contribution is 5.93. The number of rotatable bonds is 8. The second-order valence-corrected chi connectivity index (χ2v) is 7.24. The Morgan fingerprint density at radius 3 is 2.41 bits per heavy atom. The van der Waals surface area contributed by atoms with E-state index in [1.807, 2.05) is 24.3 Å². The topological polar surface area (TPSA) is 65.9 Å². The van der Waals surface area contributed by atoms with E-state index in [1.54, 1.807) is 25.2 Å². The van der Waals surface area contributed by atoms with Gasteiger partial charge in [0.05, 0.1) is 5.54 Å². The predicted octanol–water partition coefficient (Wildman–Crippen LogP) is -0.802. The van der Waals surface area contributed by atoms with Gasteiger partial charge in [-0.25, -0.2) is 4.39 Å². The van der Waals surface area contributed by atoms with E-state index in [4.69, 9.17) is 0 Å². The zero-order valence-electron chi connectivity index (χ0n) is 16.0. The van der Waals surface area contributed by atoms with Gasteiger partial charge in [0.15, 0.2) is 0 Å². The first-order chi connectivity index (χ1) is 12.3. The predicted molar refractivity (Wildman–Crippen MR) is 100 cm³/mol. The third-order valence-electron chi connectivity index (χ3n) is 4.66. The molecular formula is C21H28BrFN2O2. The maximum absolute atomic E-state index is 13.7. The fourth-order valence-corrected chi connectivity index (χ4v) is 2.84. The second-order valence-electron chi connectivity index (χ2n) is 7.24. The highest BCUT2D eigenvalue weighted by Crippen LogP contribution is 2.16. The molecule has 0 aliphatic carbocycles. The quantitative estimate of drug-likeness (QED) is 0.504. The number of carbonyl (C=O) groups excluding carboxylic acids is 1. The summed E-state index contributed by atoms with van der Waals surface area (Å²) in [4.78, 5) is 11.6. The van der Waals surface area contributed by atoms with Crippen LogP contribution in [0.4, 0.5) is 4.39 Å². The number of nitrogens with two attached hydrogens (primary N) is 1. The molecule has 0 spiro atoms. The van der Waals surface area contributed by atoms with Crippen molar-refractivity contribution in [2.45, 2.75) is 38.3 Å². The summed E-state index contributed by atoms with van der Waals surface area (Å²) >= 11 is 0. The molecule has 0 saturated heterocycles. The molecule has 0 aliphatic rings. The molecule has 0 aliphatic heterocycles. The molecule has 0 bridgehead atoms. The van der Waals surface area contributed by atoms with Gasteiger partial charge in [-0.1, -0.05) is 30.3 Å². The number of amides is 1. The number of hydrogen-bond donors (Lipinski definition) is 3. The zero-order chi connectivity index (χ0) is 19.2. The molecule has 1 amide bonds. The van der Waals surface area contributed by atoms with Gasteiger partial charge < -0.3 is 32.7 Å². The Kier molecular flexibility index (Phi) is 9.09. The average Bonchev–Trinajstić information content (AvgIpc) is 2.65. The molecule has 0 heterocycles. The summed E-state index contributed by atoms with van der Waals surface area (Å²) in [6.45, 7) is 4.63. The number of halogens is 2. The summed E-state index contributed by atoms with van der Waals surface area (Å²) in [6, 6.07) is 13.9. The molecular weight excluding hydrogens is 411 g/mol. The standard InChI is InChI=1S/C21H27FN2O2.BrH/c1-21(2,24-14-19(25)17-6-4-5-7-18(17)22)13-12-15-8-10-16(11-9-15)20(26)23-3;/h4-11,19,24-25H,12-14H2,1-3H3,(H,23,26);1H. The summed E-state index contributed by atoms with van der Waals surface area (Å²) in [5.74, 6) is -0.463. The molecule has 6 heteroatoms. The maximum atomic E-state index is 13.7. The van der Waals surface area contributed by atoms with Crippen LogP contribution in [0.5, 0.6) is 0 Å². The van der Waals surface area contributed by atoms with Gasteiger partial charge in [-0.3, -0.25) is 4.79 Å². The van der Waals surface area contributed by atoms with Crippen LogP contribution in [0.1, 0.15) is 47.9 Å². The zero-order valence-corrected chi connectivity index (χ0v) is 17.6. The summed E-state index contributed by atoms with van der Waals surface area (Å²) < 4.78 is 13.7. The minimum absolute atomic E-state index is 0. The Morgan fingerprint density at radius 2 is 1.81 bits per heavy atom. The van der Waals surface area contributed by atoms with Gasteiger partial charge >= 0.3 is 0 Å². The van der Waals surface area contributed by atoms with E-state index in [0.29, 0.717) is 17.7 Å². The molecule has 1 atom stereocenters. The van der Waals surface area contributed by atoms with E-state index < -0.39 is 6.10 Å². The first kappa shape index (κ1) is 23.3. The smallest absolute Gasteiger partial charge is 0.251 e. The maximum Gasteiger partial charge on any atom is 0.251 e. The number of carbonyl (C=O) groups is 1. The van der Waals surface area contributed by atoms with Crippen LogP contribution >= 0.6 is 0 Å². The Bertz CT molecular complexity index is 735. The molecule has 1 unspecified atom stereocenters. The second kappa shape index (κ2) is 10.5. The first-order valence-corrected chi connectivity index (χ1v) is 8.90. The largest absolute Gasteiger partial charge is 1.00 e. The lowest BCUT2D eigenvalue weighted by Crippen LogP contribution is -3.00. The minimum Gasteiger partial charge on any atom is -1.00 e. The fourth-order valence-electron chi connectivity index (χ4n) is 2.84. The summed E-state index contributed by atoms with van der Waals surface area (Å²) in [5.41, 5.74) is 2.05. The molecule has 0 saturated carbocycles. The Morgan fingerprint density at radius 1 is 1.19 bits per heavy atom. The van der Waals surface area contributed by atoms with E-state index in [2.05, 4.69) is 24.5 Å². The molecule has 2 aromatic rings. The highest BCUT2D eigenvalue weighted by Gasteiger charge is 2.24. The average molecular weight is 439 g/mol. The van der Waals surface area contributed by atoms with Crippen molar-refractivity contribution < 1.29 is 36.6 Å². The minimum atomic E-state index is -0.831. The summed E-state index contributed by atoms with van der Waals surface area (Å²) in [6.07, 6.45) is 0.936. The third-order valence-corrected chi connectivity index (χ3v) is 4.66. The number of benzene rings is 2. The molecule has 0 aromatic heterocycles. The number of quaternary nitrogens is 1. The van der Waals surface area contributed by atoms with Gasteiger partial charge in [-0.05, 0) is 44.0 Å². The van der Waals surface area contributed by atoms with Gasteiger partial charge in [0.2, 0.25) is 0 Å². The van der Waals surface area contributed by atoms with Crippen molar-refractivity contribution in [3.8, 4) is 0 Å². The number of nitrogens with one attached hydrogen (secondary N) is 1. The van der Waals surface area contributed by atoms with Crippen LogP contribution in [-0.2, 0) is 6.42 Å². The molecule has 2 rings (SSSR count). The van der Waals surface area contributed by atoms with Crippen molar-refractivity contribution in [3.63, 3.8) is 0 Å². The summed E-state index contributed by atoms with van der Waals surface area (Å²) in [7, 11) is 1.62.